The van der Waals surface area contributed by atoms with Gasteiger partial charge in [-0.05, 0) is 31.2 Å². The lowest BCUT2D eigenvalue weighted by Gasteiger charge is -2.05. The molecule has 0 atom stereocenters. The van der Waals surface area contributed by atoms with Gasteiger partial charge in [0, 0.05) is 24.1 Å². The van der Waals surface area contributed by atoms with E-state index in [9.17, 15) is 9.18 Å². The van der Waals surface area contributed by atoms with E-state index in [1.807, 2.05) is 0 Å². The highest BCUT2D eigenvalue weighted by Gasteiger charge is 2.10. The molecule has 0 fully saturated rings. The van der Waals surface area contributed by atoms with Gasteiger partial charge < -0.3 is 15.2 Å². The molecule has 1 aromatic carbocycles. The van der Waals surface area contributed by atoms with Gasteiger partial charge in [0.25, 0.3) is 5.91 Å². The van der Waals surface area contributed by atoms with E-state index in [0.29, 0.717) is 23.2 Å². The van der Waals surface area contributed by atoms with E-state index >= 15 is 0 Å². The van der Waals surface area contributed by atoms with Crippen molar-refractivity contribution in [2.45, 2.75) is 6.92 Å². The average Bonchev–Trinajstić information content (AvgIpc) is 2.95. The lowest BCUT2D eigenvalue weighted by atomic mass is 10.3. The molecular weight excluding hydrogens is 301 g/mol. The highest BCUT2D eigenvalue weighted by atomic mass is 19.1. The summed E-state index contributed by atoms with van der Waals surface area (Å²) in [5.41, 5.74) is 0.914. The standard InChI is InChI=1S/C15H12FN5O2/c1-9-6-13(21-23-9)20-14(22)10-7-17-15(18-8-10)19-12-4-2-11(16)3-5-12/h2-8H,1H3,(H,17,18,19)(H,20,21,22). The van der Waals surface area contributed by atoms with E-state index in [1.165, 1.54) is 24.5 Å². The van der Waals surface area contributed by atoms with E-state index in [-0.39, 0.29) is 11.4 Å². The number of benzene rings is 1. The molecule has 0 aliphatic carbocycles. The van der Waals surface area contributed by atoms with Gasteiger partial charge in [0.05, 0.1) is 5.56 Å². The molecule has 2 N–H and O–H groups in total. The van der Waals surface area contributed by atoms with Gasteiger partial charge in [-0.15, -0.1) is 0 Å². The van der Waals surface area contributed by atoms with Crippen LogP contribution < -0.4 is 10.6 Å². The van der Waals surface area contributed by atoms with Crippen LogP contribution in [0.5, 0.6) is 0 Å². The predicted molar refractivity (Wildman–Crippen MR) is 80.9 cm³/mol. The minimum absolute atomic E-state index is 0.273. The summed E-state index contributed by atoms with van der Waals surface area (Å²) < 4.78 is 17.7. The third-order valence-corrected chi connectivity index (χ3v) is 2.88. The maximum Gasteiger partial charge on any atom is 0.260 e. The van der Waals surface area contributed by atoms with Crippen LogP contribution in [0, 0.1) is 12.7 Å². The van der Waals surface area contributed by atoms with Gasteiger partial charge in [-0.1, -0.05) is 5.16 Å². The van der Waals surface area contributed by atoms with Gasteiger partial charge in [0.2, 0.25) is 5.95 Å². The Morgan fingerprint density at radius 1 is 1.17 bits per heavy atom. The SMILES string of the molecule is Cc1cc(NC(=O)c2cnc(Nc3ccc(F)cc3)nc2)no1. The number of nitrogens with zero attached hydrogens (tertiary/aromatic N) is 3. The number of nitrogens with one attached hydrogen (secondary N) is 2. The Morgan fingerprint density at radius 2 is 1.87 bits per heavy atom. The van der Waals surface area contributed by atoms with E-state index in [2.05, 4.69) is 25.8 Å². The monoisotopic (exact) mass is 313 g/mol. The Morgan fingerprint density at radius 3 is 2.48 bits per heavy atom. The fourth-order valence-electron chi connectivity index (χ4n) is 1.79. The zero-order chi connectivity index (χ0) is 16.2. The number of hydrogen-bond acceptors (Lipinski definition) is 6. The van der Waals surface area contributed by atoms with Crippen molar-refractivity contribution in [1.82, 2.24) is 15.1 Å². The van der Waals surface area contributed by atoms with Crippen molar-refractivity contribution in [2.24, 2.45) is 0 Å². The molecule has 3 rings (SSSR count). The summed E-state index contributed by atoms with van der Waals surface area (Å²) >= 11 is 0. The predicted octanol–water partition coefficient (Wildman–Crippen LogP) is 2.91. The summed E-state index contributed by atoms with van der Waals surface area (Å²) in [6.07, 6.45) is 2.75. The summed E-state index contributed by atoms with van der Waals surface area (Å²) in [6, 6.07) is 7.37. The van der Waals surface area contributed by atoms with Crippen LogP contribution in [0.25, 0.3) is 0 Å². The number of amides is 1. The van der Waals surface area contributed by atoms with Crippen molar-refractivity contribution in [3.05, 3.63) is 59.9 Å². The molecule has 3 aromatic rings. The summed E-state index contributed by atoms with van der Waals surface area (Å²) in [6.45, 7) is 1.72. The number of carbonyl (C=O) groups is 1. The first kappa shape index (κ1) is 14.6. The van der Waals surface area contributed by atoms with E-state index in [1.54, 1.807) is 25.1 Å². The molecule has 1 amide bonds. The van der Waals surface area contributed by atoms with E-state index in [0.717, 1.165) is 0 Å². The Kier molecular flexibility index (Phi) is 3.96. The first-order chi connectivity index (χ1) is 11.1. The van der Waals surface area contributed by atoms with Crippen molar-refractivity contribution in [1.29, 1.82) is 0 Å². The number of aryl methyl sites for hydroxylation is 1. The molecular formula is C15H12FN5O2. The molecule has 8 heteroatoms. The molecule has 0 aliphatic rings. The highest BCUT2D eigenvalue weighted by molar-refractivity contribution is 6.03. The van der Waals surface area contributed by atoms with Gasteiger partial charge in [-0.3, -0.25) is 4.79 Å². The van der Waals surface area contributed by atoms with Gasteiger partial charge in [0.15, 0.2) is 5.82 Å². The third kappa shape index (κ3) is 3.67. The Balaban J connectivity index is 1.66. The summed E-state index contributed by atoms with van der Waals surface area (Å²) in [5.74, 6) is 0.486. The lowest BCUT2D eigenvalue weighted by molar-refractivity contribution is 0.102. The molecule has 23 heavy (non-hydrogen) atoms. The minimum atomic E-state index is -0.397. The minimum Gasteiger partial charge on any atom is -0.360 e. The molecule has 0 saturated carbocycles. The lowest BCUT2D eigenvalue weighted by Crippen LogP contribution is -2.13. The molecule has 2 heterocycles. The maximum atomic E-state index is 12.8. The Hall–Kier alpha value is -3.29. The fraction of sp³-hybridized carbons (Fsp3) is 0.0667. The van der Waals surface area contributed by atoms with Crippen molar-refractivity contribution in [3.63, 3.8) is 0 Å². The molecule has 7 nitrogen and oxygen atoms in total. The van der Waals surface area contributed by atoms with Crippen LogP contribution in [0.4, 0.5) is 21.8 Å². The number of aromatic nitrogens is 3. The number of rotatable bonds is 4. The average molecular weight is 313 g/mol. The van der Waals surface area contributed by atoms with Crippen molar-refractivity contribution in [2.75, 3.05) is 10.6 Å². The maximum absolute atomic E-state index is 12.8. The number of anilines is 3. The summed E-state index contributed by atoms with van der Waals surface area (Å²) in [5, 5.41) is 9.14. The number of carbonyl (C=O) groups excluding carboxylic acids is 1. The molecule has 0 saturated heterocycles. The second kappa shape index (κ2) is 6.22. The van der Waals surface area contributed by atoms with Crippen LogP contribution in [-0.4, -0.2) is 21.0 Å². The molecule has 2 aromatic heterocycles. The summed E-state index contributed by atoms with van der Waals surface area (Å²) in [7, 11) is 0. The molecule has 0 bridgehead atoms. The summed E-state index contributed by atoms with van der Waals surface area (Å²) in [4.78, 5) is 20.1. The Bertz CT molecular complexity index is 815. The highest BCUT2D eigenvalue weighted by Crippen LogP contribution is 2.14. The van der Waals surface area contributed by atoms with Crippen molar-refractivity contribution >= 4 is 23.4 Å². The van der Waals surface area contributed by atoms with E-state index in [4.69, 9.17) is 4.52 Å². The molecule has 0 unspecified atom stereocenters. The second-order valence-electron chi connectivity index (χ2n) is 4.70. The second-order valence-corrected chi connectivity index (χ2v) is 4.70. The van der Waals surface area contributed by atoms with Gasteiger partial charge in [-0.25, -0.2) is 14.4 Å². The fourth-order valence-corrected chi connectivity index (χ4v) is 1.79. The third-order valence-electron chi connectivity index (χ3n) is 2.88. The number of hydrogen-bond donors (Lipinski definition) is 2. The van der Waals surface area contributed by atoms with Crippen LogP contribution >= 0.6 is 0 Å². The van der Waals surface area contributed by atoms with Crippen molar-refractivity contribution in [3.8, 4) is 0 Å². The quantitative estimate of drug-likeness (QED) is 0.769. The van der Waals surface area contributed by atoms with Crippen molar-refractivity contribution < 1.29 is 13.7 Å². The van der Waals surface area contributed by atoms with E-state index < -0.39 is 5.91 Å². The van der Waals surface area contributed by atoms with Gasteiger partial charge in [0.1, 0.15) is 11.6 Å². The topological polar surface area (TPSA) is 92.9 Å². The zero-order valence-electron chi connectivity index (χ0n) is 12.1. The molecule has 116 valence electrons. The van der Waals surface area contributed by atoms with Crippen LogP contribution in [0.15, 0.2) is 47.2 Å². The Labute approximate surface area is 130 Å². The zero-order valence-corrected chi connectivity index (χ0v) is 12.1. The molecule has 0 radical (unpaired) electrons. The molecule has 0 aliphatic heterocycles. The van der Waals surface area contributed by atoms with Crippen LogP contribution in [0.3, 0.4) is 0 Å². The smallest absolute Gasteiger partial charge is 0.260 e. The molecule has 0 spiro atoms. The normalized spacial score (nSPS) is 10.3. The first-order valence-electron chi connectivity index (χ1n) is 6.69. The van der Waals surface area contributed by atoms with Gasteiger partial charge >= 0.3 is 0 Å². The van der Waals surface area contributed by atoms with Gasteiger partial charge in [-0.2, -0.15) is 0 Å². The number of halogens is 1. The largest absolute Gasteiger partial charge is 0.360 e. The van der Waals surface area contributed by atoms with Crippen LogP contribution in [-0.2, 0) is 0 Å². The first-order valence-corrected chi connectivity index (χ1v) is 6.69. The van der Waals surface area contributed by atoms with Crippen LogP contribution in [0.2, 0.25) is 0 Å². The van der Waals surface area contributed by atoms with Crippen LogP contribution in [0.1, 0.15) is 16.1 Å².